The lowest BCUT2D eigenvalue weighted by Crippen LogP contribution is -2.63. The summed E-state index contributed by atoms with van der Waals surface area (Å²) in [5.41, 5.74) is 2.33. The van der Waals surface area contributed by atoms with Gasteiger partial charge in [-0.15, -0.1) is 0 Å². The molecule has 3 saturated heterocycles. The van der Waals surface area contributed by atoms with E-state index in [1.807, 2.05) is 0 Å². The van der Waals surface area contributed by atoms with Gasteiger partial charge >= 0.3 is 0 Å². The van der Waals surface area contributed by atoms with Crippen LogP contribution in [-0.2, 0) is 6.54 Å². The van der Waals surface area contributed by atoms with E-state index in [0.29, 0.717) is 12.6 Å². The summed E-state index contributed by atoms with van der Waals surface area (Å²) in [7, 11) is 0. The van der Waals surface area contributed by atoms with Crippen molar-refractivity contribution in [2.75, 3.05) is 45.8 Å². The summed E-state index contributed by atoms with van der Waals surface area (Å²) in [4.78, 5) is 9.98. The zero-order valence-electron chi connectivity index (χ0n) is 17.3. The van der Waals surface area contributed by atoms with Crippen molar-refractivity contribution in [3.8, 4) is 5.75 Å². The lowest BCUT2D eigenvalue weighted by molar-refractivity contribution is 0.0154. The maximum Gasteiger partial charge on any atom is 0.191 e. The Morgan fingerprint density at radius 1 is 1.22 bits per heavy atom. The standard InChI is InChI=1S/C21H35N5O/c1-5-22-21(24-14-19-15-25-8-10-26(19)11-9-25)23-13-18-7-6-17(4)12-20(18)27-16(2)3/h6-7,12,16,19H,5,8-11,13-15H2,1-4H3,(H2,22,23,24). The Bertz CT molecular complexity index is 637. The van der Waals surface area contributed by atoms with Crippen molar-refractivity contribution in [3.63, 3.8) is 0 Å². The second-order valence-corrected chi connectivity index (χ2v) is 7.84. The van der Waals surface area contributed by atoms with Crippen molar-refractivity contribution in [1.82, 2.24) is 20.4 Å². The molecule has 6 heteroatoms. The number of guanidine groups is 1. The van der Waals surface area contributed by atoms with Gasteiger partial charge in [-0.05, 0) is 39.3 Å². The second-order valence-electron chi connectivity index (χ2n) is 7.84. The molecule has 1 aromatic carbocycles. The molecular formula is C21H35N5O. The van der Waals surface area contributed by atoms with Crippen molar-refractivity contribution >= 4 is 5.96 Å². The van der Waals surface area contributed by atoms with Crippen LogP contribution in [0.4, 0.5) is 0 Å². The van der Waals surface area contributed by atoms with Crippen molar-refractivity contribution in [3.05, 3.63) is 29.3 Å². The first kappa shape index (κ1) is 20.0. The molecule has 0 aromatic heterocycles. The first-order valence-electron chi connectivity index (χ1n) is 10.3. The molecule has 150 valence electrons. The summed E-state index contributed by atoms with van der Waals surface area (Å²) < 4.78 is 5.98. The molecule has 3 heterocycles. The van der Waals surface area contributed by atoms with Gasteiger partial charge < -0.3 is 15.4 Å². The highest BCUT2D eigenvalue weighted by atomic mass is 16.5. The van der Waals surface area contributed by atoms with Gasteiger partial charge in [-0.1, -0.05) is 12.1 Å². The average molecular weight is 374 g/mol. The lowest BCUT2D eigenvalue weighted by Gasteiger charge is -2.47. The molecule has 0 aliphatic carbocycles. The van der Waals surface area contributed by atoms with Gasteiger partial charge in [0.15, 0.2) is 5.96 Å². The van der Waals surface area contributed by atoms with Gasteiger partial charge in [0.1, 0.15) is 5.75 Å². The summed E-state index contributed by atoms with van der Waals surface area (Å²) >= 11 is 0. The number of hydrogen-bond acceptors (Lipinski definition) is 4. The van der Waals surface area contributed by atoms with E-state index in [1.165, 1.54) is 31.7 Å². The molecule has 3 fully saturated rings. The van der Waals surface area contributed by atoms with Gasteiger partial charge in [-0.2, -0.15) is 0 Å². The summed E-state index contributed by atoms with van der Waals surface area (Å²) in [5, 5.41) is 6.92. The molecule has 27 heavy (non-hydrogen) atoms. The highest BCUT2D eigenvalue weighted by molar-refractivity contribution is 5.79. The molecule has 2 bridgehead atoms. The normalized spacial score (nSPS) is 24.9. The van der Waals surface area contributed by atoms with E-state index in [4.69, 9.17) is 9.73 Å². The number of piperazine rings is 3. The molecule has 3 aliphatic heterocycles. The second kappa shape index (κ2) is 9.42. The number of aliphatic imine (C=N–C) groups is 1. The monoisotopic (exact) mass is 373 g/mol. The third-order valence-corrected chi connectivity index (χ3v) is 5.23. The number of benzene rings is 1. The predicted molar refractivity (Wildman–Crippen MR) is 112 cm³/mol. The smallest absolute Gasteiger partial charge is 0.191 e. The van der Waals surface area contributed by atoms with Crippen molar-refractivity contribution in [1.29, 1.82) is 0 Å². The first-order valence-corrected chi connectivity index (χ1v) is 10.3. The van der Waals surface area contributed by atoms with Crippen molar-refractivity contribution in [2.24, 2.45) is 4.99 Å². The van der Waals surface area contributed by atoms with Crippen LogP contribution >= 0.6 is 0 Å². The van der Waals surface area contributed by atoms with Gasteiger partial charge in [0, 0.05) is 57.4 Å². The molecule has 2 N–H and O–H groups in total. The maximum absolute atomic E-state index is 5.98. The predicted octanol–water partition coefficient (Wildman–Crippen LogP) is 1.84. The largest absolute Gasteiger partial charge is 0.491 e. The summed E-state index contributed by atoms with van der Waals surface area (Å²) in [6.07, 6.45) is 0.159. The van der Waals surface area contributed by atoms with Gasteiger partial charge in [-0.25, -0.2) is 4.99 Å². The molecule has 3 aliphatic rings. The minimum absolute atomic E-state index is 0.159. The highest BCUT2D eigenvalue weighted by Gasteiger charge is 2.31. The van der Waals surface area contributed by atoms with Crippen LogP contribution in [0.1, 0.15) is 31.9 Å². The summed E-state index contributed by atoms with van der Waals surface area (Å²) in [6.45, 7) is 16.7. The quantitative estimate of drug-likeness (QED) is 0.564. The molecule has 0 spiro atoms. The molecule has 0 saturated carbocycles. The molecule has 6 nitrogen and oxygen atoms in total. The van der Waals surface area contributed by atoms with Gasteiger partial charge in [-0.3, -0.25) is 9.80 Å². The fourth-order valence-electron chi connectivity index (χ4n) is 3.79. The van der Waals surface area contributed by atoms with Crippen LogP contribution in [0, 0.1) is 6.92 Å². The fraction of sp³-hybridized carbons (Fsp3) is 0.667. The number of hydrogen-bond donors (Lipinski definition) is 2. The minimum atomic E-state index is 0.159. The topological polar surface area (TPSA) is 52.1 Å². The number of fused-ring (bicyclic) bond motifs is 3. The number of nitrogens with zero attached hydrogens (tertiary/aromatic N) is 3. The molecule has 0 radical (unpaired) electrons. The number of ether oxygens (including phenoxy) is 1. The lowest BCUT2D eigenvalue weighted by atomic mass is 10.1. The number of rotatable bonds is 7. The van der Waals surface area contributed by atoms with Crippen LogP contribution in [0.5, 0.6) is 5.75 Å². The average Bonchev–Trinajstić information content (AvgIpc) is 2.65. The van der Waals surface area contributed by atoms with Crippen LogP contribution < -0.4 is 15.4 Å². The third-order valence-electron chi connectivity index (χ3n) is 5.23. The van der Waals surface area contributed by atoms with E-state index in [-0.39, 0.29) is 6.10 Å². The van der Waals surface area contributed by atoms with E-state index in [1.54, 1.807) is 0 Å². The Balaban J connectivity index is 1.62. The van der Waals surface area contributed by atoms with Gasteiger partial charge in [0.25, 0.3) is 0 Å². The Labute approximate surface area is 164 Å². The fourth-order valence-corrected chi connectivity index (χ4v) is 3.79. The Morgan fingerprint density at radius 2 is 2.00 bits per heavy atom. The Hall–Kier alpha value is -1.79. The van der Waals surface area contributed by atoms with E-state index in [9.17, 15) is 0 Å². The van der Waals surface area contributed by atoms with E-state index < -0.39 is 0 Å². The SMILES string of the molecule is CCNC(=NCc1ccc(C)cc1OC(C)C)NCC1CN2CCN1CC2. The molecule has 1 atom stereocenters. The molecule has 4 rings (SSSR count). The molecule has 0 amide bonds. The van der Waals surface area contributed by atoms with E-state index in [0.717, 1.165) is 36.9 Å². The zero-order chi connectivity index (χ0) is 19.2. The number of nitrogens with one attached hydrogen (secondary N) is 2. The summed E-state index contributed by atoms with van der Waals surface area (Å²) in [5.74, 6) is 1.82. The van der Waals surface area contributed by atoms with Crippen molar-refractivity contribution < 1.29 is 4.74 Å². The number of aryl methyl sites for hydroxylation is 1. The van der Waals surface area contributed by atoms with Gasteiger partial charge in [0.05, 0.1) is 12.6 Å². The zero-order valence-corrected chi connectivity index (χ0v) is 17.3. The van der Waals surface area contributed by atoms with E-state index in [2.05, 4.69) is 66.3 Å². The van der Waals surface area contributed by atoms with Crippen LogP contribution in [-0.4, -0.2) is 73.7 Å². The molecule has 1 unspecified atom stereocenters. The van der Waals surface area contributed by atoms with E-state index >= 15 is 0 Å². The van der Waals surface area contributed by atoms with Crippen LogP contribution in [0.3, 0.4) is 0 Å². The highest BCUT2D eigenvalue weighted by Crippen LogP contribution is 2.22. The van der Waals surface area contributed by atoms with Crippen LogP contribution in [0.2, 0.25) is 0 Å². The van der Waals surface area contributed by atoms with Crippen molar-refractivity contribution in [2.45, 2.75) is 46.4 Å². The first-order chi connectivity index (χ1) is 13.0. The molecule has 1 aromatic rings. The molecular weight excluding hydrogens is 338 g/mol. The summed E-state index contributed by atoms with van der Waals surface area (Å²) in [6, 6.07) is 6.93. The Kier molecular flexibility index (Phi) is 6.96. The Morgan fingerprint density at radius 3 is 2.63 bits per heavy atom. The van der Waals surface area contributed by atoms with Crippen LogP contribution in [0.15, 0.2) is 23.2 Å². The van der Waals surface area contributed by atoms with Crippen LogP contribution in [0.25, 0.3) is 0 Å². The minimum Gasteiger partial charge on any atom is -0.491 e. The third kappa shape index (κ3) is 5.59. The maximum atomic E-state index is 5.98. The van der Waals surface area contributed by atoms with Gasteiger partial charge in [0.2, 0.25) is 0 Å².